The van der Waals surface area contributed by atoms with Gasteiger partial charge < -0.3 is 10.0 Å². The third-order valence-electron chi connectivity index (χ3n) is 3.94. The molecule has 1 aliphatic heterocycles. The van der Waals surface area contributed by atoms with E-state index in [4.69, 9.17) is 5.11 Å². The fourth-order valence-electron chi connectivity index (χ4n) is 2.92. The topological polar surface area (TPSA) is 57.6 Å². The number of anilines is 1. The number of amides is 1. The molecule has 1 aromatic carbocycles. The number of aryl methyl sites for hydroxylation is 1. The summed E-state index contributed by atoms with van der Waals surface area (Å²) >= 11 is 0. The number of carboxylic acid groups (broad SMARTS) is 1. The lowest BCUT2D eigenvalue weighted by molar-refractivity contribution is -0.140. The zero-order valence-electron chi connectivity index (χ0n) is 9.73. The lowest BCUT2D eigenvalue weighted by Gasteiger charge is -2.10. The molecule has 1 saturated carbocycles. The first-order valence-corrected chi connectivity index (χ1v) is 5.60. The standard InChI is InChI=1S/C13H13NO3/c1-7-3-4-8-10(5-7)14(2)12(17)13(8)6-9(13)11(15)16/h3-5,9H,6H2,1-2H3,(H,15,16). The highest BCUT2D eigenvalue weighted by molar-refractivity contribution is 6.13. The van der Waals surface area contributed by atoms with Gasteiger partial charge in [-0.15, -0.1) is 0 Å². The molecule has 4 heteroatoms. The minimum atomic E-state index is -0.875. The Hall–Kier alpha value is -1.84. The molecule has 0 radical (unpaired) electrons. The van der Waals surface area contributed by atoms with Crippen molar-refractivity contribution in [3.05, 3.63) is 29.3 Å². The molecule has 0 aromatic heterocycles. The van der Waals surface area contributed by atoms with Crippen LogP contribution in [0, 0.1) is 12.8 Å². The van der Waals surface area contributed by atoms with Crippen molar-refractivity contribution in [2.24, 2.45) is 5.92 Å². The van der Waals surface area contributed by atoms with Crippen molar-refractivity contribution in [2.45, 2.75) is 18.8 Å². The van der Waals surface area contributed by atoms with Crippen LogP contribution in [0.5, 0.6) is 0 Å². The molecule has 1 aromatic rings. The Balaban J connectivity index is 2.17. The number of likely N-dealkylation sites (N-methyl/N-ethyl adjacent to an activating group) is 1. The highest BCUT2D eigenvalue weighted by atomic mass is 16.4. The van der Waals surface area contributed by atoms with E-state index < -0.39 is 17.3 Å². The second-order valence-electron chi connectivity index (χ2n) is 4.95. The van der Waals surface area contributed by atoms with Gasteiger partial charge in [-0.05, 0) is 30.5 Å². The third-order valence-corrected chi connectivity index (χ3v) is 3.94. The maximum Gasteiger partial charge on any atom is 0.307 e. The second kappa shape index (κ2) is 2.88. The molecule has 1 amide bonds. The van der Waals surface area contributed by atoms with E-state index in [1.165, 1.54) is 0 Å². The van der Waals surface area contributed by atoms with Gasteiger partial charge in [0.15, 0.2) is 0 Å². The molecular weight excluding hydrogens is 218 g/mol. The van der Waals surface area contributed by atoms with Crippen molar-refractivity contribution < 1.29 is 14.7 Å². The highest BCUT2D eigenvalue weighted by Crippen LogP contribution is 2.61. The summed E-state index contributed by atoms with van der Waals surface area (Å²) < 4.78 is 0. The molecule has 2 unspecified atom stereocenters. The van der Waals surface area contributed by atoms with E-state index in [1.54, 1.807) is 11.9 Å². The van der Waals surface area contributed by atoms with Crippen LogP contribution < -0.4 is 4.90 Å². The third kappa shape index (κ3) is 1.07. The van der Waals surface area contributed by atoms with E-state index in [-0.39, 0.29) is 5.91 Å². The van der Waals surface area contributed by atoms with Crippen molar-refractivity contribution in [1.29, 1.82) is 0 Å². The van der Waals surface area contributed by atoms with E-state index in [1.807, 2.05) is 25.1 Å². The van der Waals surface area contributed by atoms with Gasteiger partial charge in [-0.2, -0.15) is 0 Å². The summed E-state index contributed by atoms with van der Waals surface area (Å²) in [5.74, 6) is -1.51. The Labute approximate surface area is 98.9 Å². The summed E-state index contributed by atoms with van der Waals surface area (Å²) in [6.45, 7) is 1.96. The Bertz CT molecular complexity index is 552. The molecule has 1 aliphatic carbocycles. The fourth-order valence-corrected chi connectivity index (χ4v) is 2.92. The molecule has 17 heavy (non-hydrogen) atoms. The van der Waals surface area contributed by atoms with Crippen molar-refractivity contribution in [1.82, 2.24) is 0 Å². The first-order chi connectivity index (χ1) is 7.98. The lowest BCUT2D eigenvalue weighted by atomic mass is 9.94. The average molecular weight is 231 g/mol. The summed E-state index contributed by atoms with van der Waals surface area (Å²) in [6, 6.07) is 5.78. The number of benzene rings is 1. The van der Waals surface area contributed by atoms with Crippen LogP contribution >= 0.6 is 0 Å². The number of aliphatic carboxylic acids is 1. The molecule has 1 N–H and O–H groups in total. The monoisotopic (exact) mass is 231 g/mol. The SMILES string of the molecule is Cc1ccc2c(c1)N(C)C(=O)C21CC1C(=O)O. The van der Waals surface area contributed by atoms with Gasteiger partial charge in [-0.1, -0.05) is 12.1 Å². The van der Waals surface area contributed by atoms with Gasteiger partial charge in [-0.25, -0.2) is 0 Å². The molecule has 0 bridgehead atoms. The minimum absolute atomic E-state index is 0.0782. The number of carboxylic acids is 1. The number of carbonyl (C=O) groups is 2. The number of nitrogens with zero attached hydrogens (tertiary/aromatic N) is 1. The summed E-state index contributed by atoms with van der Waals surface area (Å²) in [5.41, 5.74) is 2.04. The van der Waals surface area contributed by atoms with E-state index in [0.717, 1.165) is 16.8 Å². The van der Waals surface area contributed by atoms with E-state index in [0.29, 0.717) is 6.42 Å². The van der Waals surface area contributed by atoms with Crippen LogP contribution in [-0.4, -0.2) is 24.0 Å². The van der Waals surface area contributed by atoms with Gasteiger partial charge in [0.05, 0.1) is 11.3 Å². The van der Waals surface area contributed by atoms with Crippen LogP contribution in [0.4, 0.5) is 5.69 Å². The van der Waals surface area contributed by atoms with Gasteiger partial charge in [-0.3, -0.25) is 9.59 Å². The molecule has 88 valence electrons. The predicted molar refractivity (Wildman–Crippen MR) is 62.0 cm³/mol. The number of carbonyl (C=O) groups excluding carboxylic acids is 1. The summed E-state index contributed by atoms with van der Waals surface area (Å²) in [5, 5.41) is 9.09. The Kier molecular flexibility index (Phi) is 1.75. The van der Waals surface area contributed by atoms with Crippen LogP contribution in [-0.2, 0) is 15.0 Å². The number of rotatable bonds is 1. The predicted octanol–water partition coefficient (Wildman–Crippen LogP) is 1.31. The van der Waals surface area contributed by atoms with Crippen LogP contribution in [0.25, 0.3) is 0 Å². The molecule has 4 nitrogen and oxygen atoms in total. The quantitative estimate of drug-likeness (QED) is 0.792. The maximum atomic E-state index is 12.2. The summed E-state index contributed by atoms with van der Waals surface area (Å²) in [7, 11) is 1.71. The number of fused-ring (bicyclic) bond motifs is 2. The van der Waals surface area contributed by atoms with Crippen LogP contribution in [0.15, 0.2) is 18.2 Å². The Morgan fingerprint density at radius 3 is 2.82 bits per heavy atom. The molecule has 1 fully saturated rings. The van der Waals surface area contributed by atoms with Gasteiger partial charge in [0, 0.05) is 12.7 Å². The van der Waals surface area contributed by atoms with Gasteiger partial charge in [0.25, 0.3) is 0 Å². The van der Waals surface area contributed by atoms with Crippen LogP contribution in [0.2, 0.25) is 0 Å². The molecule has 2 atom stereocenters. The Morgan fingerprint density at radius 2 is 2.24 bits per heavy atom. The molecule has 2 aliphatic rings. The molecule has 3 rings (SSSR count). The van der Waals surface area contributed by atoms with Crippen molar-refractivity contribution in [2.75, 3.05) is 11.9 Å². The number of hydrogen-bond acceptors (Lipinski definition) is 2. The lowest BCUT2D eigenvalue weighted by Crippen LogP contribution is -2.30. The normalized spacial score (nSPS) is 29.6. The van der Waals surface area contributed by atoms with Crippen LogP contribution in [0.3, 0.4) is 0 Å². The fraction of sp³-hybridized carbons (Fsp3) is 0.385. The average Bonchev–Trinajstić information content (AvgIpc) is 2.99. The Morgan fingerprint density at radius 1 is 1.53 bits per heavy atom. The second-order valence-corrected chi connectivity index (χ2v) is 4.95. The zero-order chi connectivity index (χ0) is 12.4. The van der Waals surface area contributed by atoms with Gasteiger partial charge in [0.1, 0.15) is 0 Å². The molecular formula is C13H13NO3. The van der Waals surface area contributed by atoms with Crippen LogP contribution in [0.1, 0.15) is 17.5 Å². The summed E-state index contributed by atoms with van der Waals surface area (Å²) in [4.78, 5) is 24.9. The first kappa shape index (κ1) is 10.3. The minimum Gasteiger partial charge on any atom is -0.481 e. The molecule has 1 heterocycles. The largest absolute Gasteiger partial charge is 0.481 e. The van der Waals surface area contributed by atoms with Crippen molar-refractivity contribution >= 4 is 17.6 Å². The van der Waals surface area contributed by atoms with Crippen molar-refractivity contribution in [3.63, 3.8) is 0 Å². The molecule has 0 saturated heterocycles. The van der Waals surface area contributed by atoms with Gasteiger partial charge >= 0.3 is 5.97 Å². The first-order valence-electron chi connectivity index (χ1n) is 5.60. The number of hydrogen-bond donors (Lipinski definition) is 1. The van der Waals surface area contributed by atoms with Gasteiger partial charge in [0.2, 0.25) is 5.91 Å². The van der Waals surface area contributed by atoms with E-state index in [2.05, 4.69) is 0 Å². The highest BCUT2D eigenvalue weighted by Gasteiger charge is 2.69. The molecule has 1 spiro atoms. The maximum absolute atomic E-state index is 12.2. The van der Waals surface area contributed by atoms with E-state index >= 15 is 0 Å². The summed E-state index contributed by atoms with van der Waals surface area (Å²) in [6.07, 6.45) is 0.432. The smallest absolute Gasteiger partial charge is 0.307 e. The van der Waals surface area contributed by atoms with Crippen molar-refractivity contribution in [3.8, 4) is 0 Å². The van der Waals surface area contributed by atoms with E-state index in [9.17, 15) is 9.59 Å². The zero-order valence-corrected chi connectivity index (χ0v) is 9.73.